The van der Waals surface area contributed by atoms with E-state index < -0.39 is 0 Å². The Morgan fingerprint density at radius 2 is 2.36 bits per heavy atom. The lowest BCUT2D eigenvalue weighted by atomic mass is 10.2. The second-order valence-electron chi connectivity index (χ2n) is 2.40. The lowest BCUT2D eigenvalue weighted by Crippen LogP contribution is -2.24. The summed E-state index contributed by atoms with van der Waals surface area (Å²) in [7, 11) is 0. The maximum atomic E-state index is 13.1. The molecule has 0 atom stereocenters. The number of benzene rings is 1. The van der Waals surface area contributed by atoms with Crippen LogP contribution in [0.5, 0.6) is 0 Å². The number of rotatable bonds is 2. The summed E-state index contributed by atoms with van der Waals surface area (Å²) in [4.78, 5) is 0. The van der Waals surface area contributed by atoms with Gasteiger partial charge in [-0.25, -0.2) is 4.39 Å². The molecule has 74 valence electrons. The van der Waals surface area contributed by atoms with Crippen LogP contribution in [-0.2, 0) is 0 Å². The van der Waals surface area contributed by atoms with Gasteiger partial charge in [-0.15, -0.1) is 0 Å². The number of halogens is 2. The summed E-state index contributed by atoms with van der Waals surface area (Å²) in [5.41, 5.74) is 7.88. The lowest BCUT2D eigenvalue weighted by Gasteiger charge is -1.97. The molecule has 0 unspecified atom stereocenters. The molecule has 0 amide bonds. The molecule has 0 saturated heterocycles. The van der Waals surface area contributed by atoms with Crippen molar-refractivity contribution in [2.75, 3.05) is 0 Å². The Kier molecular flexibility index (Phi) is 4.21. The van der Waals surface area contributed by atoms with Gasteiger partial charge in [-0.2, -0.15) is 5.10 Å². The molecule has 3 N–H and O–H groups in total. The number of nitrogens with one attached hydrogen (secondary N) is 1. The van der Waals surface area contributed by atoms with E-state index in [9.17, 15) is 4.39 Å². The fourth-order valence-electron chi connectivity index (χ4n) is 0.779. The van der Waals surface area contributed by atoms with E-state index in [0.717, 1.165) is 3.57 Å². The van der Waals surface area contributed by atoms with Crippen LogP contribution in [0.25, 0.3) is 0 Å². The van der Waals surface area contributed by atoms with Crippen molar-refractivity contribution in [3.05, 3.63) is 33.1 Å². The number of nitrogens with two attached hydrogens (primary N) is 1. The van der Waals surface area contributed by atoms with Crippen molar-refractivity contribution < 1.29 is 4.39 Å². The molecule has 1 rings (SSSR count). The van der Waals surface area contributed by atoms with Gasteiger partial charge in [-0.1, -0.05) is 0 Å². The van der Waals surface area contributed by atoms with Gasteiger partial charge in [-0.3, -0.25) is 5.43 Å². The maximum Gasteiger partial charge on any atom is 0.184 e. The summed E-state index contributed by atoms with van der Waals surface area (Å²) in [6, 6.07) is 4.72. The van der Waals surface area contributed by atoms with Crippen LogP contribution in [0, 0.1) is 9.39 Å². The van der Waals surface area contributed by atoms with Gasteiger partial charge in [0.25, 0.3) is 0 Å². The molecule has 0 bridgehead atoms. The molecular weight excluding hydrogens is 316 g/mol. The fraction of sp³-hybridized carbons (Fsp3) is 0. The molecule has 3 nitrogen and oxygen atoms in total. The van der Waals surface area contributed by atoms with Crippen LogP contribution in [0.1, 0.15) is 5.56 Å². The molecule has 0 saturated carbocycles. The molecule has 0 spiro atoms. The van der Waals surface area contributed by atoms with E-state index in [4.69, 9.17) is 5.73 Å². The monoisotopic (exact) mass is 323 g/mol. The van der Waals surface area contributed by atoms with Crippen molar-refractivity contribution in [2.45, 2.75) is 0 Å². The van der Waals surface area contributed by atoms with E-state index in [1.807, 2.05) is 0 Å². The molecule has 0 aromatic heterocycles. The highest BCUT2D eigenvalue weighted by Gasteiger charge is 1.98. The third-order valence-corrected chi connectivity index (χ3v) is 2.10. The van der Waals surface area contributed by atoms with Crippen molar-refractivity contribution in [1.29, 1.82) is 0 Å². The summed E-state index contributed by atoms with van der Waals surface area (Å²) < 4.78 is 14.0. The average molecular weight is 323 g/mol. The largest absolute Gasteiger partial charge is 0.375 e. The Balaban J connectivity index is 2.80. The SMILES string of the molecule is NC(=S)NN=Cc1cc(I)ccc1F. The van der Waals surface area contributed by atoms with Crippen LogP contribution in [0.3, 0.4) is 0 Å². The normalized spacial score (nSPS) is 10.4. The molecular formula is C8H7FIN3S. The van der Waals surface area contributed by atoms with Crippen molar-refractivity contribution in [3.63, 3.8) is 0 Å². The average Bonchev–Trinajstić information content (AvgIpc) is 2.10. The third kappa shape index (κ3) is 3.54. The number of hydrogen-bond acceptors (Lipinski definition) is 2. The Morgan fingerprint density at radius 3 is 3.00 bits per heavy atom. The van der Waals surface area contributed by atoms with Gasteiger partial charge in [0.1, 0.15) is 5.82 Å². The van der Waals surface area contributed by atoms with E-state index >= 15 is 0 Å². The van der Waals surface area contributed by atoms with Gasteiger partial charge in [0, 0.05) is 9.13 Å². The van der Waals surface area contributed by atoms with E-state index in [1.165, 1.54) is 12.3 Å². The van der Waals surface area contributed by atoms with E-state index in [1.54, 1.807) is 12.1 Å². The molecule has 0 radical (unpaired) electrons. The zero-order chi connectivity index (χ0) is 10.6. The van der Waals surface area contributed by atoms with Crippen LogP contribution in [0.15, 0.2) is 23.3 Å². The molecule has 0 aliphatic carbocycles. The zero-order valence-corrected chi connectivity index (χ0v) is 9.97. The van der Waals surface area contributed by atoms with Gasteiger partial charge in [-0.05, 0) is 53.0 Å². The van der Waals surface area contributed by atoms with Gasteiger partial charge < -0.3 is 5.73 Å². The van der Waals surface area contributed by atoms with Gasteiger partial charge in [0.15, 0.2) is 5.11 Å². The number of hydrogen-bond donors (Lipinski definition) is 2. The highest BCUT2D eigenvalue weighted by atomic mass is 127. The first-order valence-corrected chi connectivity index (χ1v) is 5.12. The van der Waals surface area contributed by atoms with Crippen LogP contribution in [0.4, 0.5) is 4.39 Å². The molecule has 0 heterocycles. The van der Waals surface area contributed by atoms with Crippen molar-refractivity contribution >= 4 is 46.1 Å². The van der Waals surface area contributed by atoms with Crippen LogP contribution in [-0.4, -0.2) is 11.3 Å². The van der Waals surface area contributed by atoms with Crippen LogP contribution in [0.2, 0.25) is 0 Å². The van der Waals surface area contributed by atoms with Gasteiger partial charge >= 0.3 is 0 Å². The molecule has 6 heteroatoms. The quantitative estimate of drug-likeness (QED) is 0.376. The second-order valence-corrected chi connectivity index (χ2v) is 4.09. The summed E-state index contributed by atoms with van der Waals surface area (Å²) in [6.07, 6.45) is 1.33. The fourth-order valence-corrected chi connectivity index (χ4v) is 1.35. The predicted octanol–water partition coefficient (Wildman–Crippen LogP) is 1.60. The number of nitrogens with zero attached hydrogens (tertiary/aromatic N) is 1. The zero-order valence-electron chi connectivity index (χ0n) is 7.00. The van der Waals surface area contributed by atoms with Crippen LogP contribution >= 0.6 is 34.8 Å². The first-order valence-electron chi connectivity index (χ1n) is 3.63. The van der Waals surface area contributed by atoms with E-state index in [-0.39, 0.29) is 10.9 Å². The molecule has 14 heavy (non-hydrogen) atoms. The Bertz CT molecular complexity index is 381. The van der Waals surface area contributed by atoms with Gasteiger partial charge in [0.05, 0.1) is 6.21 Å². The van der Waals surface area contributed by atoms with Crippen molar-refractivity contribution in [2.24, 2.45) is 10.8 Å². The summed E-state index contributed by atoms with van der Waals surface area (Å²) >= 11 is 6.62. The lowest BCUT2D eigenvalue weighted by molar-refractivity contribution is 0.625. The number of hydrazone groups is 1. The Labute approximate surface area is 99.7 Å². The summed E-state index contributed by atoms with van der Waals surface area (Å²) in [5.74, 6) is -0.334. The van der Waals surface area contributed by atoms with Crippen LogP contribution < -0.4 is 11.2 Å². The topological polar surface area (TPSA) is 50.4 Å². The smallest absolute Gasteiger partial charge is 0.184 e. The molecule has 1 aromatic carbocycles. The minimum absolute atomic E-state index is 0.0484. The first kappa shape index (κ1) is 11.3. The minimum atomic E-state index is -0.334. The maximum absolute atomic E-state index is 13.1. The highest BCUT2D eigenvalue weighted by molar-refractivity contribution is 14.1. The standard InChI is InChI=1S/C8H7FIN3S/c9-7-2-1-6(10)3-5(7)4-12-13-8(11)14/h1-4H,(H3,11,13,14). The Morgan fingerprint density at radius 1 is 1.64 bits per heavy atom. The summed E-state index contributed by atoms with van der Waals surface area (Å²) in [5, 5.41) is 3.71. The van der Waals surface area contributed by atoms with Gasteiger partial charge in [0.2, 0.25) is 0 Å². The molecule has 0 fully saturated rings. The van der Waals surface area contributed by atoms with E-state index in [2.05, 4.69) is 45.3 Å². The highest BCUT2D eigenvalue weighted by Crippen LogP contribution is 2.10. The van der Waals surface area contributed by atoms with E-state index in [0.29, 0.717) is 5.56 Å². The number of thiocarbonyl (C=S) groups is 1. The molecule has 0 aliphatic rings. The van der Waals surface area contributed by atoms with Crippen molar-refractivity contribution in [1.82, 2.24) is 5.43 Å². The Hall–Kier alpha value is -0.760. The minimum Gasteiger partial charge on any atom is -0.375 e. The first-order chi connectivity index (χ1) is 6.59. The van der Waals surface area contributed by atoms with Crippen molar-refractivity contribution in [3.8, 4) is 0 Å². The predicted molar refractivity (Wildman–Crippen MR) is 66.6 cm³/mol. The molecule has 0 aliphatic heterocycles. The molecule has 1 aromatic rings. The second kappa shape index (κ2) is 5.20. The third-order valence-electron chi connectivity index (χ3n) is 1.34. The summed E-state index contributed by atoms with van der Waals surface area (Å²) in [6.45, 7) is 0.